The summed E-state index contributed by atoms with van der Waals surface area (Å²) in [7, 11) is 0. The number of fused-ring (bicyclic) bond motifs is 7. The first-order valence-electron chi connectivity index (χ1n) is 18.7. The van der Waals surface area contributed by atoms with Crippen LogP contribution in [-0.4, -0.2) is 63.6 Å². The number of unbranched alkanes of at least 4 members (excludes halogenated alkanes) is 12. The third-order valence-corrected chi connectivity index (χ3v) is 13.2. The SMILES string of the molecule is CCCCCCCCCCCCCCCC(=O)O[C@@H]1[C@H](C)[C@]2(O)[C@H](C=C(CO)C[C@@]23[C@@H]2C=C(C)C(=O)[C@@H]23)[C@H]2[C@]1(OC(C)=O)[C@]2(C)CO. The van der Waals surface area contributed by atoms with Gasteiger partial charge in [0, 0.05) is 47.8 Å². The molecule has 5 aliphatic carbocycles. The van der Waals surface area contributed by atoms with Crippen molar-refractivity contribution in [2.45, 2.75) is 148 Å². The van der Waals surface area contributed by atoms with E-state index in [4.69, 9.17) is 9.47 Å². The summed E-state index contributed by atoms with van der Waals surface area (Å²) in [6.07, 6.45) is 19.1. The van der Waals surface area contributed by atoms with E-state index in [9.17, 15) is 29.7 Å². The van der Waals surface area contributed by atoms with Gasteiger partial charge in [-0.25, -0.2) is 0 Å². The molecule has 0 aromatic carbocycles. The predicted molar refractivity (Wildman–Crippen MR) is 179 cm³/mol. The molecule has 0 aromatic heterocycles. The van der Waals surface area contributed by atoms with Crippen LogP contribution in [0.5, 0.6) is 0 Å². The van der Waals surface area contributed by atoms with Gasteiger partial charge in [-0.3, -0.25) is 14.4 Å². The molecule has 3 saturated carbocycles. The second-order valence-corrected chi connectivity index (χ2v) is 15.9. The lowest BCUT2D eigenvalue weighted by Crippen LogP contribution is -2.66. The zero-order valence-corrected chi connectivity index (χ0v) is 29.5. The Hall–Kier alpha value is -2.03. The summed E-state index contributed by atoms with van der Waals surface area (Å²) in [5.41, 5.74) is -3.21. The maximum absolute atomic E-state index is 13.5. The Balaban J connectivity index is 1.26. The van der Waals surface area contributed by atoms with Gasteiger partial charge in [-0.1, -0.05) is 110 Å². The van der Waals surface area contributed by atoms with Crippen LogP contribution in [0, 0.1) is 40.4 Å². The Morgan fingerprint density at radius 1 is 0.915 bits per heavy atom. The molecular weight excluding hydrogens is 596 g/mol. The van der Waals surface area contributed by atoms with Crippen molar-refractivity contribution in [1.82, 2.24) is 0 Å². The van der Waals surface area contributed by atoms with Crippen molar-refractivity contribution in [1.29, 1.82) is 0 Å². The number of aliphatic hydroxyl groups is 3. The fraction of sp³-hybridized carbons (Fsp3) is 0.821. The first-order valence-corrected chi connectivity index (χ1v) is 18.7. The van der Waals surface area contributed by atoms with Gasteiger partial charge in [0.2, 0.25) is 0 Å². The van der Waals surface area contributed by atoms with E-state index in [1.54, 1.807) is 6.92 Å². The van der Waals surface area contributed by atoms with Gasteiger partial charge >= 0.3 is 11.9 Å². The van der Waals surface area contributed by atoms with Gasteiger partial charge in [0.25, 0.3) is 0 Å². The van der Waals surface area contributed by atoms with Crippen LogP contribution < -0.4 is 0 Å². The van der Waals surface area contributed by atoms with E-state index >= 15 is 0 Å². The highest BCUT2D eigenvalue weighted by Crippen LogP contribution is 2.84. The molecule has 0 bridgehead atoms. The summed E-state index contributed by atoms with van der Waals surface area (Å²) in [6.45, 7) is 8.47. The fourth-order valence-corrected chi connectivity index (χ4v) is 10.8. The van der Waals surface area contributed by atoms with Crippen LogP contribution >= 0.6 is 0 Å². The number of carbonyl (C=O) groups excluding carboxylic acids is 3. The highest BCUT2D eigenvalue weighted by molar-refractivity contribution is 6.03. The molecule has 8 nitrogen and oxygen atoms in total. The van der Waals surface area contributed by atoms with Gasteiger partial charge in [0.15, 0.2) is 11.4 Å². The van der Waals surface area contributed by atoms with Gasteiger partial charge in [-0.05, 0) is 36.8 Å². The van der Waals surface area contributed by atoms with Crippen LogP contribution in [0.25, 0.3) is 0 Å². The number of aliphatic hydroxyl groups excluding tert-OH is 2. The Morgan fingerprint density at radius 2 is 1.49 bits per heavy atom. The molecule has 1 spiro atoms. The minimum absolute atomic E-state index is 0.0158. The highest BCUT2D eigenvalue weighted by atomic mass is 16.6. The lowest BCUT2D eigenvalue weighted by molar-refractivity contribution is -0.231. The standard InChI is InChI=1S/C39H60O8/c1-6-7-8-9-10-11-12-13-14-15-16-17-18-19-31(43)46-35-26(3)38(45)30(34-36(5,24-41)39(34,35)47-27(4)42)21-28(23-40)22-37(38)29-20-25(2)33(44)32(29)37/h20-21,26,29-30,32,34-35,40-41,45H,6-19,22-24H2,1-5H3/t26-,29+,30+,32+,34+,35+,36+,37-,38-,39+/m0/s1. The summed E-state index contributed by atoms with van der Waals surface area (Å²) in [5, 5.41) is 34.1. The van der Waals surface area contributed by atoms with Gasteiger partial charge < -0.3 is 24.8 Å². The molecule has 3 fully saturated rings. The van der Waals surface area contributed by atoms with Gasteiger partial charge in [0.1, 0.15) is 6.10 Å². The molecule has 264 valence electrons. The Morgan fingerprint density at radius 3 is 1.98 bits per heavy atom. The summed E-state index contributed by atoms with van der Waals surface area (Å²) < 4.78 is 12.4. The predicted octanol–water partition coefficient (Wildman–Crippen LogP) is 6.39. The largest absolute Gasteiger partial charge is 0.458 e. The van der Waals surface area contributed by atoms with Crippen LogP contribution in [0.3, 0.4) is 0 Å². The molecule has 5 rings (SSSR count). The summed E-state index contributed by atoms with van der Waals surface area (Å²) in [5.74, 6) is -3.37. The number of esters is 2. The first kappa shape index (κ1) is 36.3. The molecule has 0 aliphatic heterocycles. The lowest BCUT2D eigenvalue weighted by atomic mass is 9.53. The Kier molecular flexibility index (Phi) is 10.9. The molecule has 0 radical (unpaired) electrons. The van der Waals surface area contributed by atoms with Crippen molar-refractivity contribution in [3.63, 3.8) is 0 Å². The molecule has 10 atom stereocenters. The zero-order valence-electron chi connectivity index (χ0n) is 29.5. The normalized spacial score (nSPS) is 39.4. The summed E-state index contributed by atoms with van der Waals surface area (Å²) in [4.78, 5) is 39.4. The topological polar surface area (TPSA) is 130 Å². The molecule has 0 aromatic rings. The summed E-state index contributed by atoms with van der Waals surface area (Å²) in [6, 6.07) is 0. The van der Waals surface area contributed by atoms with E-state index < -0.39 is 63.7 Å². The fourth-order valence-electron chi connectivity index (χ4n) is 10.8. The van der Waals surface area contributed by atoms with Crippen LogP contribution in [0.4, 0.5) is 0 Å². The van der Waals surface area contributed by atoms with Crippen LogP contribution in [-0.2, 0) is 23.9 Å². The molecule has 0 amide bonds. The number of ether oxygens (including phenoxy) is 2. The average Bonchev–Trinajstić information content (AvgIpc) is 3.78. The number of hydrogen-bond acceptors (Lipinski definition) is 8. The first-order chi connectivity index (χ1) is 22.4. The molecule has 3 N–H and O–H groups in total. The number of Topliss-reactive ketones (excluding diaryl/α,β-unsaturated/α-hetero) is 1. The second-order valence-electron chi connectivity index (χ2n) is 15.9. The third kappa shape index (κ3) is 5.76. The van der Waals surface area contributed by atoms with E-state index in [0.717, 1.165) is 24.8 Å². The molecular formula is C39H60O8. The molecule has 5 aliphatic rings. The number of carbonyl (C=O) groups is 3. The molecule has 8 heteroatoms. The van der Waals surface area contributed by atoms with Crippen molar-refractivity contribution in [3.8, 4) is 0 Å². The lowest BCUT2D eigenvalue weighted by Gasteiger charge is -2.56. The minimum atomic E-state index is -1.48. The maximum Gasteiger partial charge on any atom is 0.306 e. The van der Waals surface area contributed by atoms with Gasteiger partial charge in [0.05, 0.1) is 18.8 Å². The average molecular weight is 657 g/mol. The highest BCUT2D eigenvalue weighted by Gasteiger charge is 2.93. The monoisotopic (exact) mass is 656 g/mol. The number of hydrogen-bond donors (Lipinski definition) is 3. The number of rotatable bonds is 18. The molecule has 0 unspecified atom stereocenters. The Bertz CT molecular complexity index is 1260. The third-order valence-electron chi connectivity index (χ3n) is 13.2. The molecule has 0 heterocycles. The second kappa shape index (κ2) is 14.1. The van der Waals surface area contributed by atoms with Crippen LogP contribution in [0.2, 0.25) is 0 Å². The van der Waals surface area contributed by atoms with Crippen molar-refractivity contribution >= 4 is 17.7 Å². The number of ketones is 1. The summed E-state index contributed by atoms with van der Waals surface area (Å²) >= 11 is 0. The van der Waals surface area contributed by atoms with Gasteiger partial charge in [-0.15, -0.1) is 0 Å². The Labute approximate surface area is 281 Å². The van der Waals surface area contributed by atoms with E-state index in [1.165, 1.54) is 64.7 Å². The van der Waals surface area contributed by atoms with Crippen LogP contribution in [0.1, 0.15) is 131 Å². The number of allylic oxidation sites excluding steroid dienone is 2. The maximum atomic E-state index is 13.5. The van der Waals surface area contributed by atoms with E-state index in [-0.39, 0.29) is 31.3 Å². The molecule has 47 heavy (non-hydrogen) atoms. The van der Waals surface area contributed by atoms with Crippen molar-refractivity contribution in [2.24, 2.45) is 40.4 Å². The van der Waals surface area contributed by atoms with Crippen molar-refractivity contribution < 1.29 is 39.2 Å². The van der Waals surface area contributed by atoms with Gasteiger partial charge in [-0.2, -0.15) is 0 Å². The van der Waals surface area contributed by atoms with E-state index in [2.05, 4.69) is 6.92 Å². The quantitative estimate of drug-likeness (QED) is 0.0879. The van der Waals surface area contributed by atoms with Crippen molar-refractivity contribution in [3.05, 3.63) is 23.3 Å². The zero-order chi connectivity index (χ0) is 34.2. The van der Waals surface area contributed by atoms with E-state index in [1.807, 2.05) is 26.0 Å². The van der Waals surface area contributed by atoms with E-state index in [0.29, 0.717) is 18.4 Å². The minimum Gasteiger partial charge on any atom is -0.458 e. The van der Waals surface area contributed by atoms with Crippen LogP contribution in [0.15, 0.2) is 23.3 Å². The van der Waals surface area contributed by atoms with Crippen molar-refractivity contribution in [2.75, 3.05) is 13.2 Å². The smallest absolute Gasteiger partial charge is 0.306 e. The molecule has 0 saturated heterocycles.